The summed E-state index contributed by atoms with van der Waals surface area (Å²) >= 11 is 0. The van der Waals surface area contributed by atoms with Crippen molar-refractivity contribution in [2.24, 2.45) is 28.2 Å². The number of benzene rings is 4. The van der Waals surface area contributed by atoms with Gasteiger partial charge in [-0.15, -0.1) is 0 Å². The monoisotopic (exact) mass is 452 g/mol. The molecule has 0 aliphatic heterocycles. The van der Waals surface area contributed by atoms with Crippen LogP contribution in [0.1, 0.15) is 52.7 Å². The van der Waals surface area contributed by atoms with Gasteiger partial charge in [0.15, 0.2) is 22.1 Å². The lowest BCUT2D eigenvalue weighted by molar-refractivity contribution is -0.644. The first-order chi connectivity index (χ1) is 15.8. The summed E-state index contributed by atoms with van der Waals surface area (Å²) in [5.41, 5.74) is 8.14. The molecule has 6 rings (SSSR count). The average molecular weight is 453 g/mol. The van der Waals surface area contributed by atoms with Crippen LogP contribution >= 0.6 is 0 Å². The number of nitrogens with zero attached hydrogens (tertiary/aromatic N) is 4. The second-order valence-electron chi connectivity index (χ2n) is 12.5. The molecule has 0 amide bonds. The van der Waals surface area contributed by atoms with E-state index in [2.05, 4.69) is 125 Å². The topological polar surface area (TPSA) is 17.6 Å². The summed E-state index contributed by atoms with van der Waals surface area (Å²) in [6, 6.07) is 9.82. The van der Waals surface area contributed by atoms with Gasteiger partial charge in [-0.05, 0) is 46.2 Å². The molecule has 4 aromatic carbocycles. The van der Waals surface area contributed by atoms with E-state index in [0.717, 1.165) is 0 Å². The van der Waals surface area contributed by atoms with Crippen LogP contribution in [0.25, 0.3) is 54.4 Å². The molecule has 174 valence electrons. The summed E-state index contributed by atoms with van der Waals surface area (Å²) in [6.07, 6.45) is 4.45. The van der Waals surface area contributed by atoms with Gasteiger partial charge in [-0.2, -0.15) is 0 Å². The normalized spacial score (nSPS) is 13.6. The van der Waals surface area contributed by atoms with Crippen molar-refractivity contribution in [3.63, 3.8) is 0 Å². The Balaban J connectivity index is 2.08. The molecule has 0 aliphatic rings. The number of aromatic nitrogens is 4. The highest BCUT2D eigenvalue weighted by Crippen LogP contribution is 2.46. The summed E-state index contributed by atoms with van der Waals surface area (Å²) in [4.78, 5) is 0. The third-order valence-corrected chi connectivity index (χ3v) is 7.83. The molecule has 0 spiro atoms. The van der Waals surface area contributed by atoms with Crippen molar-refractivity contribution in [1.29, 1.82) is 0 Å². The van der Waals surface area contributed by atoms with Crippen molar-refractivity contribution in [2.75, 3.05) is 0 Å². The van der Waals surface area contributed by atoms with Crippen LogP contribution in [0.5, 0.6) is 0 Å². The van der Waals surface area contributed by atoms with Gasteiger partial charge in [0.25, 0.3) is 0 Å². The Bertz CT molecular complexity index is 1550. The zero-order valence-corrected chi connectivity index (χ0v) is 22.3. The van der Waals surface area contributed by atoms with Crippen LogP contribution in [0.4, 0.5) is 0 Å². The maximum atomic E-state index is 2.45. The Hall–Kier alpha value is -3.14. The molecule has 2 heterocycles. The van der Waals surface area contributed by atoms with Gasteiger partial charge in [0.2, 0.25) is 12.7 Å². The van der Waals surface area contributed by atoms with Crippen molar-refractivity contribution in [2.45, 2.75) is 52.4 Å². The van der Waals surface area contributed by atoms with Gasteiger partial charge in [0.1, 0.15) is 0 Å². The first-order valence-corrected chi connectivity index (χ1v) is 12.3. The molecule has 4 nitrogen and oxygen atoms in total. The number of aryl methyl sites for hydroxylation is 4. The molecule has 6 aromatic rings. The number of imidazole rings is 2. The summed E-state index contributed by atoms with van der Waals surface area (Å²) in [7, 11) is 8.74. The van der Waals surface area contributed by atoms with E-state index in [0.29, 0.717) is 0 Å². The molecular weight excluding hydrogens is 416 g/mol. The second-order valence-corrected chi connectivity index (χ2v) is 12.5. The fraction of sp³-hybridized carbons (Fsp3) is 0.400. The third kappa shape index (κ3) is 2.60. The van der Waals surface area contributed by atoms with E-state index in [1.807, 2.05) is 0 Å². The zero-order chi connectivity index (χ0) is 24.5. The Morgan fingerprint density at radius 3 is 1.24 bits per heavy atom. The van der Waals surface area contributed by atoms with Gasteiger partial charge in [0, 0.05) is 32.3 Å². The van der Waals surface area contributed by atoms with E-state index >= 15 is 0 Å². The fourth-order valence-corrected chi connectivity index (χ4v) is 6.12. The van der Waals surface area contributed by atoms with Crippen molar-refractivity contribution in [1.82, 2.24) is 9.13 Å². The van der Waals surface area contributed by atoms with E-state index in [4.69, 9.17) is 0 Å². The number of fused-ring (bicyclic) bond motifs is 6. The van der Waals surface area contributed by atoms with Crippen LogP contribution in [-0.2, 0) is 39.0 Å². The maximum Gasteiger partial charge on any atom is 0.244 e. The minimum Gasteiger partial charge on any atom is -0.232 e. The molecule has 0 bridgehead atoms. The van der Waals surface area contributed by atoms with Crippen LogP contribution in [0.3, 0.4) is 0 Å². The van der Waals surface area contributed by atoms with Crippen molar-refractivity contribution < 1.29 is 9.13 Å². The molecule has 0 unspecified atom stereocenters. The molecule has 0 fully saturated rings. The largest absolute Gasteiger partial charge is 0.244 e. The van der Waals surface area contributed by atoms with Crippen LogP contribution in [0, 0.1) is 0 Å². The predicted molar refractivity (Wildman–Crippen MR) is 143 cm³/mol. The average Bonchev–Trinajstić information content (AvgIpc) is 3.20. The molecule has 2 aromatic heterocycles. The quantitative estimate of drug-likeness (QED) is 0.204. The minimum atomic E-state index is 0.0587. The van der Waals surface area contributed by atoms with E-state index in [1.54, 1.807) is 0 Å². The van der Waals surface area contributed by atoms with Crippen molar-refractivity contribution in [3.05, 3.63) is 48.0 Å². The highest BCUT2D eigenvalue weighted by Gasteiger charge is 2.31. The van der Waals surface area contributed by atoms with Crippen LogP contribution < -0.4 is 9.13 Å². The van der Waals surface area contributed by atoms with Crippen LogP contribution in [0.15, 0.2) is 36.9 Å². The minimum absolute atomic E-state index is 0.0587. The molecule has 0 aliphatic carbocycles. The lowest BCUT2D eigenvalue weighted by atomic mass is 9.80. The Morgan fingerprint density at radius 1 is 0.559 bits per heavy atom. The number of rotatable bonds is 0. The smallest absolute Gasteiger partial charge is 0.232 e. The molecule has 0 atom stereocenters. The SMILES string of the molecule is Cn1c[n+](C)c2c3cc(C(C)(C)C)cc4c3c3c(cc(C(C)(C)C)cc3c3c4[n+](C)cn3C)c21. The van der Waals surface area contributed by atoms with Crippen molar-refractivity contribution >= 4 is 54.4 Å². The molecular formula is C30H36N4+2. The van der Waals surface area contributed by atoms with E-state index in [-0.39, 0.29) is 10.8 Å². The molecule has 0 saturated carbocycles. The van der Waals surface area contributed by atoms with Gasteiger partial charge >= 0.3 is 0 Å². The van der Waals surface area contributed by atoms with Crippen LogP contribution in [-0.4, -0.2) is 9.13 Å². The van der Waals surface area contributed by atoms with E-state index in [9.17, 15) is 0 Å². The summed E-state index contributed by atoms with van der Waals surface area (Å²) in [5.74, 6) is 0. The molecule has 0 saturated heterocycles. The summed E-state index contributed by atoms with van der Waals surface area (Å²) in [5, 5.41) is 8.20. The molecule has 4 heteroatoms. The zero-order valence-electron chi connectivity index (χ0n) is 22.3. The molecule has 0 N–H and O–H groups in total. The van der Waals surface area contributed by atoms with Gasteiger partial charge in [-0.1, -0.05) is 41.5 Å². The second kappa shape index (κ2) is 6.29. The first-order valence-electron chi connectivity index (χ1n) is 12.3. The van der Waals surface area contributed by atoms with Crippen molar-refractivity contribution in [3.8, 4) is 0 Å². The van der Waals surface area contributed by atoms with Gasteiger partial charge < -0.3 is 0 Å². The molecule has 34 heavy (non-hydrogen) atoms. The molecule has 0 radical (unpaired) electrons. The number of hydrogen-bond acceptors (Lipinski definition) is 0. The Kier molecular flexibility index (Phi) is 3.96. The van der Waals surface area contributed by atoms with E-state index < -0.39 is 0 Å². The van der Waals surface area contributed by atoms with Gasteiger partial charge in [-0.3, -0.25) is 0 Å². The Morgan fingerprint density at radius 2 is 0.882 bits per heavy atom. The summed E-state index contributed by atoms with van der Waals surface area (Å²) in [6.45, 7) is 13.9. The lowest BCUT2D eigenvalue weighted by Gasteiger charge is -2.23. The third-order valence-electron chi connectivity index (χ3n) is 7.83. The highest BCUT2D eigenvalue weighted by molar-refractivity contribution is 6.37. The maximum absolute atomic E-state index is 2.45. The van der Waals surface area contributed by atoms with Gasteiger partial charge in [-0.25, -0.2) is 18.3 Å². The Labute approximate surface area is 201 Å². The van der Waals surface area contributed by atoms with E-state index in [1.165, 1.54) is 65.5 Å². The number of hydrogen-bond donors (Lipinski definition) is 0. The first kappa shape index (κ1) is 21.4. The lowest BCUT2D eigenvalue weighted by Crippen LogP contribution is -2.26. The fourth-order valence-electron chi connectivity index (χ4n) is 6.12. The standard InChI is InChI=1S/C30H36N4/c1-29(2,3)17-11-19-23-20(12-17)26-28(34(10)16-32(26)8)22-14-18(30(4,5)6)13-21(24(22)23)27-25(19)31(7)15-33(27)9/h11-16H,1-10H3/q+2. The summed E-state index contributed by atoms with van der Waals surface area (Å²) < 4.78 is 9.24. The van der Waals surface area contributed by atoms with Gasteiger partial charge in [0.05, 0.1) is 28.2 Å². The van der Waals surface area contributed by atoms with Crippen LogP contribution in [0.2, 0.25) is 0 Å². The predicted octanol–water partition coefficient (Wildman–Crippen LogP) is 5.81. The highest BCUT2D eigenvalue weighted by atomic mass is 15.1.